The third-order valence-electron chi connectivity index (χ3n) is 2.69. The van der Waals surface area contributed by atoms with Gasteiger partial charge in [-0.05, 0) is 25.6 Å². The number of rotatable bonds is 5. The van der Waals surface area contributed by atoms with Crippen molar-refractivity contribution in [1.82, 2.24) is 10.6 Å². The Morgan fingerprint density at radius 2 is 1.94 bits per heavy atom. The number of benzene rings is 1. The summed E-state index contributed by atoms with van der Waals surface area (Å²) in [4.78, 5) is 11.9. The highest BCUT2D eigenvalue weighted by Gasteiger charge is 2.16. The van der Waals surface area contributed by atoms with Crippen LogP contribution in [0.25, 0.3) is 0 Å². The van der Waals surface area contributed by atoms with E-state index in [1.165, 1.54) is 0 Å². The van der Waals surface area contributed by atoms with Crippen molar-refractivity contribution < 1.29 is 4.79 Å². The summed E-state index contributed by atoms with van der Waals surface area (Å²) in [5, 5.41) is 6.02. The summed E-state index contributed by atoms with van der Waals surface area (Å²) in [7, 11) is 1.85. The Labute approximate surface area is 123 Å². The van der Waals surface area contributed by atoms with E-state index in [9.17, 15) is 4.79 Å². The van der Waals surface area contributed by atoms with Gasteiger partial charge in [-0.15, -0.1) is 12.4 Å². The molecule has 0 aliphatic carbocycles. The Kier molecular flexibility index (Phi) is 8.24. The molecule has 0 saturated carbocycles. The SMILES string of the molecule is CNCC(C)C(=O)NC(C)c1ccccc1Br.Cl. The first-order chi connectivity index (χ1) is 8.06. The molecule has 1 rings (SSSR count). The average Bonchev–Trinajstić information content (AvgIpc) is 2.29. The van der Waals surface area contributed by atoms with Crippen LogP contribution in [0.2, 0.25) is 0 Å². The van der Waals surface area contributed by atoms with Crippen LogP contribution in [0.4, 0.5) is 0 Å². The van der Waals surface area contributed by atoms with E-state index < -0.39 is 0 Å². The lowest BCUT2D eigenvalue weighted by Gasteiger charge is -2.18. The summed E-state index contributed by atoms with van der Waals surface area (Å²) < 4.78 is 1.02. The van der Waals surface area contributed by atoms with Crippen LogP contribution in [0, 0.1) is 5.92 Å². The third kappa shape index (κ3) is 4.96. The highest BCUT2D eigenvalue weighted by atomic mass is 79.9. The van der Waals surface area contributed by atoms with E-state index in [0.29, 0.717) is 6.54 Å². The minimum absolute atomic E-state index is 0. The number of carbonyl (C=O) groups excluding carboxylic acids is 1. The van der Waals surface area contributed by atoms with Crippen molar-refractivity contribution >= 4 is 34.2 Å². The van der Waals surface area contributed by atoms with Gasteiger partial charge in [-0.2, -0.15) is 0 Å². The van der Waals surface area contributed by atoms with E-state index >= 15 is 0 Å². The van der Waals surface area contributed by atoms with Gasteiger partial charge in [-0.1, -0.05) is 41.1 Å². The Hall–Kier alpha value is -0.580. The second-order valence-corrected chi connectivity index (χ2v) is 5.06. The van der Waals surface area contributed by atoms with Crippen LogP contribution in [-0.2, 0) is 4.79 Å². The number of halogens is 2. The molecule has 1 amide bonds. The van der Waals surface area contributed by atoms with E-state index in [4.69, 9.17) is 0 Å². The monoisotopic (exact) mass is 334 g/mol. The van der Waals surface area contributed by atoms with Crippen LogP contribution in [0.5, 0.6) is 0 Å². The third-order valence-corrected chi connectivity index (χ3v) is 3.41. The number of amides is 1. The molecule has 0 radical (unpaired) electrons. The fraction of sp³-hybridized carbons (Fsp3) is 0.462. The van der Waals surface area contributed by atoms with Crippen molar-refractivity contribution in [1.29, 1.82) is 0 Å². The van der Waals surface area contributed by atoms with Crippen LogP contribution in [0.3, 0.4) is 0 Å². The molecule has 18 heavy (non-hydrogen) atoms. The first-order valence-electron chi connectivity index (χ1n) is 5.75. The minimum Gasteiger partial charge on any atom is -0.349 e. The molecule has 0 bridgehead atoms. The van der Waals surface area contributed by atoms with Crippen molar-refractivity contribution in [2.45, 2.75) is 19.9 Å². The van der Waals surface area contributed by atoms with Gasteiger partial charge in [0.25, 0.3) is 0 Å². The van der Waals surface area contributed by atoms with Crippen molar-refractivity contribution in [3.63, 3.8) is 0 Å². The molecule has 102 valence electrons. The molecule has 0 saturated heterocycles. The van der Waals surface area contributed by atoms with Crippen molar-refractivity contribution in [2.75, 3.05) is 13.6 Å². The average molecular weight is 336 g/mol. The predicted octanol–water partition coefficient (Wildman–Crippen LogP) is 2.90. The molecule has 0 fully saturated rings. The zero-order chi connectivity index (χ0) is 12.8. The van der Waals surface area contributed by atoms with E-state index in [0.717, 1.165) is 10.0 Å². The Morgan fingerprint density at radius 1 is 1.33 bits per heavy atom. The van der Waals surface area contributed by atoms with Gasteiger partial charge in [0.05, 0.1) is 6.04 Å². The molecule has 0 heterocycles. The van der Waals surface area contributed by atoms with Crippen LogP contribution in [0.15, 0.2) is 28.7 Å². The van der Waals surface area contributed by atoms with Gasteiger partial charge in [-0.3, -0.25) is 4.79 Å². The highest BCUT2D eigenvalue weighted by molar-refractivity contribution is 9.10. The zero-order valence-corrected chi connectivity index (χ0v) is 13.3. The van der Waals surface area contributed by atoms with E-state index in [-0.39, 0.29) is 30.3 Å². The highest BCUT2D eigenvalue weighted by Crippen LogP contribution is 2.22. The molecule has 2 atom stereocenters. The second kappa shape index (κ2) is 8.51. The first-order valence-corrected chi connectivity index (χ1v) is 6.55. The molecular weight excluding hydrogens is 316 g/mol. The lowest BCUT2D eigenvalue weighted by atomic mass is 10.1. The van der Waals surface area contributed by atoms with Gasteiger partial charge in [0.15, 0.2) is 0 Å². The zero-order valence-electron chi connectivity index (χ0n) is 10.9. The topological polar surface area (TPSA) is 41.1 Å². The number of hydrogen-bond acceptors (Lipinski definition) is 2. The molecular formula is C13H20BrClN2O. The Morgan fingerprint density at radius 3 is 2.50 bits per heavy atom. The quantitative estimate of drug-likeness (QED) is 0.868. The molecule has 2 unspecified atom stereocenters. The van der Waals surface area contributed by atoms with Crippen LogP contribution >= 0.6 is 28.3 Å². The summed E-state index contributed by atoms with van der Waals surface area (Å²) in [6.45, 7) is 4.59. The molecule has 3 nitrogen and oxygen atoms in total. The molecule has 2 N–H and O–H groups in total. The van der Waals surface area contributed by atoms with Crippen molar-refractivity contribution in [3.05, 3.63) is 34.3 Å². The van der Waals surface area contributed by atoms with E-state index in [2.05, 4.69) is 26.6 Å². The van der Waals surface area contributed by atoms with Crippen LogP contribution in [0.1, 0.15) is 25.5 Å². The maximum atomic E-state index is 11.9. The largest absolute Gasteiger partial charge is 0.349 e. The number of nitrogens with one attached hydrogen (secondary N) is 2. The number of carbonyl (C=O) groups is 1. The molecule has 0 aliphatic heterocycles. The Bertz CT molecular complexity index is 387. The smallest absolute Gasteiger partial charge is 0.224 e. The van der Waals surface area contributed by atoms with E-state index in [1.807, 2.05) is 45.2 Å². The molecule has 0 aromatic heterocycles. The lowest BCUT2D eigenvalue weighted by Crippen LogP contribution is -2.35. The second-order valence-electron chi connectivity index (χ2n) is 4.21. The van der Waals surface area contributed by atoms with Crippen molar-refractivity contribution in [3.8, 4) is 0 Å². The maximum absolute atomic E-state index is 11.9. The van der Waals surface area contributed by atoms with Crippen molar-refractivity contribution in [2.24, 2.45) is 5.92 Å². The summed E-state index contributed by atoms with van der Waals surface area (Å²) in [6.07, 6.45) is 0. The fourth-order valence-corrected chi connectivity index (χ4v) is 2.29. The van der Waals surface area contributed by atoms with E-state index in [1.54, 1.807) is 0 Å². The predicted molar refractivity (Wildman–Crippen MR) is 81.0 cm³/mol. The summed E-state index contributed by atoms with van der Waals surface area (Å²) in [5.74, 6) is 0.0486. The molecule has 1 aromatic carbocycles. The summed E-state index contributed by atoms with van der Waals surface area (Å²) >= 11 is 3.49. The molecule has 1 aromatic rings. The van der Waals surface area contributed by atoms with Gasteiger partial charge >= 0.3 is 0 Å². The van der Waals surface area contributed by atoms with Gasteiger partial charge in [0.1, 0.15) is 0 Å². The minimum atomic E-state index is -0.0232. The molecule has 0 spiro atoms. The molecule has 5 heteroatoms. The molecule has 0 aliphatic rings. The first kappa shape index (κ1) is 17.4. The maximum Gasteiger partial charge on any atom is 0.224 e. The van der Waals surface area contributed by atoms with Crippen LogP contribution in [-0.4, -0.2) is 19.5 Å². The van der Waals surface area contributed by atoms with Gasteiger partial charge < -0.3 is 10.6 Å². The van der Waals surface area contributed by atoms with Gasteiger partial charge in [-0.25, -0.2) is 0 Å². The van der Waals surface area contributed by atoms with Gasteiger partial charge in [0.2, 0.25) is 5.91 Å². The summed E-state index contributed by atoms with van der Waals surface area (Å²) in [6, 6.07) is 7.94. The fourth-order valence-electron chi connectivity index (χ4n) is 1.66. The number of hydrogen-bond donors (Lipinski definition) is 2. The van der Waals surface area contributed by atoms with Crippen LogP contribution < -0.4 is 10.6 Å². The normalized spacial score (nSPS) is 13.3. The van der Waals surface area contributed by atoms with Gasteiger partial charge in [0, 0.05) is 16.9 Å². The lowest BCUT2D eigenvalue weighted by molar-refractivity contribution is -0.125. The standard InChI is InChI=1S/C13H19BrN2O.ClH/c1-9(8-15-3)13(17)16-10(2)11-6-4-5-7-12(11)14;/h4-7,9-10,15H,8H2,1-3H3,(H,16,17);1H. The summed E-state index contributed by atoms with van der Waals surface area (Å²) in [5.41, 5.74) is 1.09. The Balaban J connectivity index is 0.00000289.